The maximum atomic E-state index is 4.39. The van der Waals surface area contributed by atoms with Gasteiger partial charge in [0.2, 0.25) is 0 Å². The van der Waals surface area contributed by atoms with Crippen LogP contribution in [-0.4, -0.2) is 47.7 Å². The van der Waals surface area contributed by atoms with Crippen molar-refractivity contribution in [2.45, 2.75) is 12.5 Å². The highest BCUT2D eigenvalue weighted by Crippen LogP contribution is 2.41. The highest BCUT2D eigenvalue weighted by Gasteiger charge is 2.33. The fourth-order valence-electron chi connectivity index (χ4n) is 4.85. The fourth-order valence-corrected chi connectivity index (χ4v) is 4.85. The number of likely N-dealkylation sites (N-methyl/N-ethyl adjacent to an activating group) is 1. The summed E-state index contributed by atoms with van der Waals surface area (Å²) in [6.45, 7) is 1.99. The Kier molecular flexibility index (Phi) is 4.13. The van der Waals surface area contributed by atoms with Crippen molar-refractivity contribution in [1.29, 1.82) is 0 Å². The SMILES string of the molecule is CNc1ccc(NC[C@@H]2C=C3c4cccc5c4c(cn5C)C[C@H]3N(C)C2)cn1. The maximum absolute atomic E-state index is 4.39. The Hall–Kier alpha value is -2.79. The number of benzene rings is 1. The lowest BCUT2D eigenvalue weighted by Crippen LogP contribution is -2.43. The zero-order chi connectivity index (χ0) is 19.3. The molecule has 0 spiro atoms. The zero-order valence-corrected chi connectivity index (χ0v) is 16.7. The average Bonchev–Trinajstić information content (AvgIpc) is 3.04. The molecule has 5 nitrogen and oxygen atoms in total. The lowest BCUT2D eigenvalue weighted by atomic mass is 9.80. The van der Waals surface area contributed by atoms with Crippen molar-refractivity contribution in [3.05, 3.63) is 59.9 Å². The summed E-state index contributed by atoms with van der Waals surface area (Å²) in [6.07, 6.45) is 7.82. The third kappa shape index (κ3) is 2.78. The van der Waals surface area contributed by atoms with E-state index in [9.17, 15) is 0 Å². The predicted molar refractivity (Wildman–Crippen MR) is 117 cm³/mol. The third-order valence-corrected chi connectivity index (χ3v) is 6.23. The summed E-state index contributed by atoms with van der Waals surface area (Å²) < 4.78 is 2.27. The molecule has 2 aliphatic rings. The Bertz CT molecular complexity index is 1050. The molecule has 0 fully saturated rings. The van der Waals surface area contributed by atoms with Crippen LogP contribution in [0.15, 0.2) is 48.8 Å². The highest BCUT2D eigenvalue weighted by molar-refractivity contribution is 5.98. The number of hydrogen-bond donors (Lipinski definition) is 2. The van der Waals surface area contributed by atoms with Gasteiger partial charge in [-0.3, -0.25) is 4.90 Å². The van der Waals surface area contributed by atoms with Gasteiger partial charge in [-0.15, -0.1) is 0 Å². The molecule has 1 aliphatic heterocycles. The quantitative estimate of drug-likeness (QED) is 0.734. The largest absolute Gasteiger partial charge is 0.383 e. The number of hydrogen-bond acceptors (Lipinski definition) is 4. The fraction of sp³-hybridized carbons (Fsp3) is 0.348. The van der Waals surface area contributed by atoms with Gasteiger partial charge in [-0.1, -0.05) is 18.2 Å². The van der Waals surface area contributed by atoms with Crippen LogP contribution in [0.4, 0.5) is 11.5 Å². The summed E-state index contributed by atoms with van der Waals surface area (Å²) in [7, 11) is 6.31. The predicted octanol–water partition coefficient (Wildman–Crippen LogP) is 3.60. The molecule has 5 rings (SSSR count). The molecule has 28 heavy (non-hydrogen) atoms. The van der Waals surface area contributed by atoms with Crippen molar-refractivity contribution in [3.63, 3.8) is 0 Å². The van der Waals surface area contributed by atoms with Gasteiger partial charge in [0.25, 0.3) is 0 Å². The first-order chi connectivity index (χ1) is 13.6. The number of aryl methyl sites for hydroxylation is 1. The first-order valence-corrected chi connectivity index (χ1v) is 10.0. The summed E-state index contributed by atoms with van der Waals surface area (Å²) in [5, 5.41) is 8.07. The molecule has 3 heterocycles. The molecule has 0 radical (unpaired) electrons. The highest BCUT2D eigenvalue weighted by atomic mass is 15.1. The Labute approximate surface area is 166 Å². The van der Waals surface area contributed by atoms with Gasteiger partial charge >= 0.3 is 0 Å². The van der Waals surface area contributed by atoms with Crippen LogP contribution in [0.3, 0.4) is 0 Å². The van der Waals surface area contributed by atoms with Gasteiger partial charge in [0, 0.05) is 56.2 Å². The number of rotatable bonds is 4. The molecule has 0 bridgehead atoms. The molecule has 2 aromatic heterocycles. The zero-order valence-electron chi connectivity index (χ0n) is 16.7. The van der Waals surface area contributed by atoms with Crippen LogP contribution >= 0.6 is 0 Å². The van der Waals surface area contributed by atoms with E-state index in [1.807, 2.05) is 19.3 Å². The first kappa shape index (κ1) is 17.3. The van der Waals surface area contributed by atoms with Gasteiger partial charge in [0.05, 0.1) is 11.9 Å². The second kappa shape index (κ2) is 6.67. The summed E-state index contributed by atoms with van der Waals surface area (Å²) in [6, 6.07) is 11.3. The molecular weight excluding hydrogens is 346 g/mol. The molecule has 3 aromatic rings. The van der Waals surface area contributed by atoms with E-state index in [0.717, 1.165) is 31.0 Å². The van der Waals surface area contributed by atoms with Gasteiger partial charge in [-0.25, -0.2) is 4.98 Å². The van der Waals surface area contributed by atoms with Crippen molar-refractivity contribution < 1.29 is 0 Å². The summed E-state index contributed by atoms with van der Waals surface area (Å²) >= 11 is 0. The van der Waals surface area contributed by atoms with Crippen LogP contribution in [0.25, 0.3) is 16.5 Å². The standard InChI is InChI=1S/C23H27N5/c1-24-22-8-7-17(12-26-22)25-11-15-9-19-18-5-4-6-20-23(18)16(14-28(20)3)10-21(19)27(2)13-15/h4-9,12,14-15,21,25H,10-11,13H2,1-3H3,(H,24,26)/t15-,21+/m0/s1. The number of aromatic nitrogens is 2. The second-order valence-electron chi connectivity index (χ2n) is 8.07. The van der Waals surface area contributed by atoms with E-state index in [0.29, 0.717) is 12.0 Å². The Morgan fingerprint density at radius 1 is 1.18 bits per heavy atom. The lowest BCUT2D eigenvalue weighted by molar-refractivity contribution is 0.249. The van der Waals surface area contributed by atoms with Gasteiger partial charge < -0.3 is 15.2 Å². The molecule has 2 atom stereocenters. The van der Waals surface area contributed by atoms with Gasteiger partial charge in [0.15, 0.2) is 0 Å². The molecule has 0 unspecified atom stereocenters. The monoisotopic (exact) mass is 373 g/mol. The molecule has 2 N–H and O–H groups in total. The van der Waals surface area contributed by atoms with Crippen LogP contribution in [0.5, 0.6) is 0 Å². The minimum atomic E-state index is 0.473. The van der Waals surface area contributed by atoms with E-state index >= 15 is 0 Å². The molecule has 0 saturated carbocycles. The van der Waals surface area contributed by atoms with Crippen molar-refractivity contribution in [1.82, 2.24) is 14.5 Å². The van der Waals surface area contributed by atoms with E-state index in [1.54, 1.807) is 0 Å². The topological polar surface area (TPSA) is 45.1 Å². The first-order valence-electron chi connectivity index (χ1n) is 10.0. The number of pyridine rings is 1. The van der Waals surface area contributed by atoms with Gasteiger partial charge in [-0.05, 0) is 48.4 Å². The van der Waals surface area contributed by atoms with E-state index in [-0.39, 0.29) is 0 Å². The number of nitrogens with one attached hydrogen (secondary N) is 2. The van der Waals surface area contributed by atoms with Crippen LogP contribution in [0.2, 0.25) is 0 Å². The van der Waals surface area contributed by atoms with E-state index in [4.69, 9.17) is 0 Å². The van der Waals surface area contributed by atoms with Crippen molar-refractivity contribution in [3.8, 4) is 0 Å². The molecular formula is C23H27N5. The number of anilines is 2. The van der Waals surface area contributed by atoms with Crippen LogP contribution in [0, 0.1) is 5.92 Å². The summed E-state index contributed by atoms with van der Waals surface area (Å²) in [5.41, 5.74) is 6.80. The maximum Gasteiger partial charge on any atom is 0.125 e. The molecule has 1 aliphatic carbocycles. The summed E-state index contributed by atoms with van der Waals surface area (Å²) in [4.78, 5) is 6.92. The van der Waals surface area contributed by atoms with Crippen LogP contribution in [-0.2, 0) is 13.5 Å². The molecule has 1 aromatic carbocycles. The Morgan fingerprint density at radius 3 is 2.86 bits per heavy atom. The van der Waals surface area contributed by atoms with Crippen molar-refractivity contribution in [2.24, 2.45) is 13.0 Å². The molecule has 5 heteroatoms. The smallest absolute Gasteiger partial charge is 0.125 e. The number of nitrogens with zero attached hydrogens (tertiary/aromatic N) is 3. The van der Waals surface area contributed by atoms with Crippen molar-refractivity contribution in [2.75, 3.05) is 37.8 Å². The Balaban J connectivity index is 1.44. The van der Waals surface area contributed by atoms with E-state index in [2.05, 4.69) is 75.7 Å². The third-order valence-electron chi connectivity index (χ3n) is 6.23. The van der Waals surface area contributed by atoms with E-state index < -0.39 is 0 Å². The lowest BCUT2D eigenvalue weighted by Gasteiger charge is -2.40. The molecule has 144 valence electrons. The minimum Gasteiger partial charge on any atom is -0.383 e. The van der Waals surface area contributed by atoms with Crippen LogP contribution in [0.1, 0.15) is 11.1 Å². The van der Waals surface area contributed by atoms with Crippen LogP contribution < -0.4 is 10.6 Å². The number of fused-ring (bicyclic) bond motifs is 2. The molecule has 0 amide bonds. The van der Waals surface area contributed by atoms with E-state index in [1.165, 1.54) is 27.6 Å². The average molecular weight is 374 g/mol. The summed E-state index contributed by atoms with van der Waals surface area (Å²) in [5.74, 6) is 1.36. The van der Waals surface area contributed by atoms with Gasteiger partial charge in [0.1, 0.15) is 5.82 Å². The normalized spacial score (nSPS) is 21.3. The van der Waals surface area contributed by atoms with Crippen molar-refractivity contribution >= 4 is 28.0 Å². The van der Waals surface area contributed by atoms with Gasteiger partial charge in [-0.2, -0.15) is 0 Å². The Morgan fingerprint density at radius 2 is 2.07 bits per heavy atom. The molecule has 0 saturated heterocycles. The minimum absolute atomic E-state index is 0.473. The second-order valence-corrected chi connectivity index (χ2v) is 8.07.